The molecule has 1 aliphatic rings. The zero-order valence-electron chi connectivity index (χ0n) is 13.5. The van der Waals surface area contributed by atoms with Crippen LogP contribution in [0.4, 0.5) is 0 Å². The Bertz CT molecular complexity index is 849. The molecule has 5 nitrogen and oxygen atoms in total. The molecule has 0 heterocycles. The molecule has 4 N–H and O–H groups in total. The summed E-state index contributed by atoms with van der Waals surface area (Å²) in [5.74, 6) is 0.128. The van der Waals surface area contributed by atoms with E-state index in [2.05, 4.69) is 11.1 Å². The molecule has 122 valence electrons. The number of hydrogen-bond donors (Lipinski definition) is 2. The summed E-state index contributed by atoms with van der Waals surface area (Å²) in [5.41, 5.74) is 15.5. The summed E-state index contributed by atoms with van der Waals surface area (Å²) >= 11 is 0. The molecular formula is C19H19N3O2. The number of methoxy groups -OCH3 is 1. The van der Waals surface area contributed by atoms with Crippen LogP contribution in [0.1, 0.15) is 33.5 Å². The van der Waals surface area contributed by atoms with Gasteiger partial charge in [0.1, 0.15) is 5.75 Å². The second kappa shape index (κ2) is 6.58. The molecule has 0 aromatic heterocycles. The highest BCUT2D eigenvalue weighted by Gasteiger charge is 2.17. The van der Waals surface area contributed by atoms with Gasteiger partial charge in [0, 0.05) is 5.56 Å². The molecule has 0 saturated heterocycles. The van der Waals surface area contributed by atoms with Gasteiger partial charge in [-0.05, 0) is 59.4 Å². The van der Waals surface area contributed by atoms with Crippen LogP contribution in [0.5, 0.6) is 5.75 Å². The zero-order chi connectivity index (χ0) is 17.1. The number of aliphatic imine (C=N–C) groups is 1. The second-order valence-corrected chi connectivity index (χ2v) is 5.60. The van der Waals surface area contributed by atoms with Gasteiger partial charge in [0.2, 0.25) is 0 Å². The van der Waals surface area contributed by atoms with E-state index in [0.29, 0.717) is 5.56 Å². The Balaban J connectivity index is 2.05. The molecule has 5 heteroatoms. The van der Waals surface area contributed by atoms with Crippen LogP contribution in [0.15, 0.2) is 53.5 Å². The van der Waals surface area contributed by atoms with E-state index < -0.39 is 5.91 Å². The van der Waals surface area contributed by atoms with Gasteiger partial charge >= 0.3 is 0 Å². The molecule has 0 unspecified atom stereocenters. The van der Waals surface area contributed by atoms with Gasteiger partial charge in [0.25, 0.3) is 5.91 Å². The lowest BCUT2D eigenvalue weighted by atomic mass is 9.86. The maximum atomic E-state index is 12.1. The molecule has 3 rings (SSSR count). The Morgan fingerprint density at radius 1 is 1.17 bits per heavy atom. The quantitative estimate of drug-likeness (QED) is 0.671. The van der Waals surface area contributed by atoms with Crippen molar-refractivity contribution in [1.29, 1.82) is 0 Å². The number of guanidine groups is 1. The van der Waals surface area contributed by atoms with Gasteiger partial charge in [-0.2, -0.15) is 4.99 Å². The van der Waals surface area contributed by atoms with Crippen LogP contribution in [0.2, 0.25) is 0 Å². The maximum absolute atomic E-state index is 12.1. The first-order chi connectivity index (χ1) is 11.6. The average Bonchev–Trinajstić information content (AvgIpc) is 2.60. The minimum atomic E-state index is -0.437. The van der Waals surface area contributed by atoms with Crippen molar-refractivity contribution in [2.24, 2.45) is 16.5 Å². The average molecular weight is 321 g/mol. The highest BCUT2D eigenvalue weighted by molar-refractivity contribution is 6.02. The van der Waals surface area contributed by atoms with E-state index >= 15 is 0 Å². The molecule has 0 atom stereocenters. The molecular weight excluding hydrogens is 302 g/mol. The van der Waals surface area contributed by atoms with Crippen LogP contribution in [0, 0.1) is 0 Å². The number of allylic oxidation sites excluding steroid dienone is 1. The SMILES string of the molecule is COc1cccc(C2=CCCc3ccc(C(=O)N=C(N)N)cc32)c1. The Labute approximate surface area is 140 Å². The van der Waals surface area contributed by atoms with Crippen molar-refractivity contribution < 1.29 is 9.53 Å². The van der Waals surface area contributed by atoms with Gasteiger partial charge in [-0.25, -0.2) is 0 Å². The summed E-state index contributed by atoms with van der Waals surface area (Å²) in [6.07, 6.45) is 4.09. The number of carbonyl (C=O) groups excluding carboxylic acids is 1. The number of ether oxygens (including phenoxy) is 1. The number of nitrogens with zero attached hydrogens (tertiary/aromatic N) is 1. The highest BCUT2D eigenvalue weighted by Crippen LogP contribution is 2.33. The third-order valence-electron chi connectivity index (χ3n) is 4.02. The van der Waals surface area contributed by atoms with E-state index in [0.717, 1.165) is 35.3 Å². The van der Waals surface area contributed by atoms with Gasteiger partial charge in [0.05, 0.1) is 7.11 Å². The first-order valence-corrected chi connectivity index (χ1v) is 7.70. The van der Waals surface area contributed by atoms with Gasteiger partial charge in [-0.1, -0.05) is 24.3 Å². The number of aryl methyl sites for hydroxylation is 1. The first-order valence-electron chi connectivity index (χ1n) is 7.70. The van der Waals surface area contributed by atoms with Crippen molar-refractivity contribution in [2.75, 3.05) is 7.11 Å². The van der Waals surface area contributed by atoms with Crippen molar-refractivity contribution in [3.05, 3.63) is 70.8 Å². The van der Waals surface area contributed by atoms with E-state index in [-0.39, 0.29) is 5.96 Å². The summed E-state index contributed by atoms with van der Waals surface area (Å²) in [6, 6.07) is 13.5. The molecule has 1 amide bonds. The summed E-state index contributed by atoms with van der Waals surface area (Å²) < 4.78 is 5.31. The third-order valence-corrected chi connectivity index (χ3v) is 4.02. The van der Waals surface area contributed by atoms with Crippen molar-refractivity contribution in [3.8, 4) is 5.75 Å². The van der Waals surface area contributed by atoms with Crippen LogP contribution >= 0.6 is 0 Å². The topological polar surface area (TPSA) is 90.7 Å². The van der Waals surface area contributed by atoms with Crippen molar-refractivity contribution in [1.82, 2.24) is 0 Å². The van der Waals surface area contributed by atoms with Crippen molar-refractivity contribution in [3.63, 3.8) is 0 Å². The fourth-order valence-corrected chi connectivity index (χ4v) is 2.91. The van der Waals surface area contributed by atoms with Gasteiger partial charge in [-0.3, -0.25) is 4.79 Å². The largest absolute Gasteiger partial charge is 0.497 e. The number of carbonyl (C=O) groups is 1. The summed E-state index contributed by atoms with van der Waals surface area (Å²) in [7, 11) is 1.65. The van der Waals surface area contributed by atoms with E-state index in [1.54, 1.807) is 13.2 Å². The predicted octanol–water partition coefficient (Wildman–Crippen LogP) is 2.49. The molecule has 0 aliphatic heterocycles. The van der Waals surface area contributed by atoms with Crippen LogP contribution in [-0.4, -0.2) is 19.0 Å². The van der Waals surface area contributed by atoms with E-state index in [4.69, 9.17) is 16.2 Å². The lowest BCUT2D eigenvalue weighted by molar-refractivity contribution is 0.100. The van der Waals surface area contributed by atoms with E-state index in [1.165, 1.54) is 5.56 Å². The van der Waals surface area contributed by atoms with Crippen molar-refractivity contribution in [2.45, 2.75) is 12.8 Å². The van der Waals surface area contributed by atoms with Gasteiger partial charge in [-0.15, -0.1) is 0 Å². The summed E-state index contributed by atoms with van der Waals surface area (Å²) in [4.78, 5) is 15.7. The molecule has 24 heavy (non-hydrogen) atoms. The van der Waals surface area contributed by atoms with Crippen molar-refractivity contribution >= 4 is 17.4 Å². The molecule has 0 bridgehead atoms. The van der Waals surface area contributed by atoms with Crippen LogP contribution < -0.4 is 16.2 Å². The minimum Gasteiger partial charge on any atom is -0.497 e. The Kier molecular flexibility index (Phi) is 4.33. The second-order valence-electron chi connectivity index (χ2n) is 5.60. The number of amides is 1. The highest BCUT2D eigenvalue weighted by atomic mass is 16.5. The maximum Gasteiger partial charge on any atom is 0.280 e. The number of nitrogens with two attached hydrogens (primary N) is 2. The fraction of sp³-hybridized carbons (Fsp3) is 0.158. The van der Waals surface area contributed by atoms with E-state index in [1.807, 2.05) is 36.4 Å². The van der Waals surface area contributed by atoms with Gasteiger partial charge in [0.15, 0.2) is 5.96 Å². The summed E-state index contributed by atoms with van der Waals surface area (Å²) in [5, 5.41) is 0. The van der Waals surface area contributed by atoms with Gasteiger partial charge < -0.3 is 16.2 Å². The smallest absolute Gasteiger partial charge is 0.280 e. The molecule has 0 spiro atoms. The molecule has 0 fully saturated rings. The van der Waals surface area contributed by atoms with Crippen LogP contribution in [0.25, 0.3) is 5.57 Å². The zero-order valence-corrected chi connectivity index (χ0v) is 13.5. The standard InChI is InChI=1S/C19H19N3O2/c1-24-15-6-2-5-13(10-15)16-7-3-4-12-8-9-14(11-17(12)16)18(23)22-19(20)21/h2,5-11H,3-4H2,1H3,(H4,20,21,22,23). The molecule has 0 radical (unpaired) electrons. The number of hydrogen-bond acceptors (Lipinski definition) is 2. The van der Waals surface area contributed by atoms with Crippen LogP contribution in [0.3, 0.4) is 0 Å². The van der Waals surface area contributed by atoms with Crippen LogP contribution in [-0.2, 0) is 6.42 Å². The number of benzene rings is 2. The van der Waals surface area contributed by atoms with E-state index in [9.17, 15) is 4.79 Å². The first kappa shape index (κ1) is 15.8. The molecule has 0 saturated carbocycles. The molecule has 1 aliphatic carbocycles. The number of rotatable bonds is 3. The fourth-order valence-electron chi connectivity index (χ4n) is 2.91. The number of fused-ring (bicyclic) bond motifs is 1. The normalized spacial score (nSPS) is 12.8. The lowest BCUT2D eigenvalue weighted by Gasteiger charge is -2.19. The Morgan fingerprint density at radius 3 is 2.75 bits per heavy atom. The predicted molar refractivity (Wildman–Crippen MR) is 95.0 cm³/mol. The minimum absolute atomic E-state index is 0.235. The Morgan fingerprint density at radius 2 is 2.00 bits per heavy atom. The molecule has 2 aromatic rings. The monoisotopic (exact) mass is 321 g/mol. The Hall–Kier alpha value is -3.08. The third kappa shape index (κ3) is 3.15. The molecule has 2 aromatic carbocycles. The lowest BCUT2D eigenvalue weighted by Crippen LogP contribution is -2.24. The summed E-state index contributed by atoms with van der Waals surface area (Å²) in [6.45, 7) is 0.